The second kappa shape index (κ2) is 12.8. The van der Waals surface area contributed by atoms with Gasteiger partial charge in [-0.2, -0.15) is 5.26 Å². The molecule has 2 saturated heterocycles. The number of hydrogen-bond donors (Lipinski definition) is 3. The van der Waals surface area contributed by atoms with Gasteiger partial charge in [0.25, 0.3) is 0 Å². The maximum Gasteiger partial charge on any atom is 0.331 e. The van der Waals surface area contributed by atoms with Gasteiger partial charge in [0, 0.05) is 53.6 Å². The van der Waals surface area contributed by atoms with Crippen LogP contribution in [0.4, 0.5) is 0 Å². The van der Waals surface area contributed by atoms with Crippen molar-refractivity contribution in [1.82, 2.24) is 15.1 Å². The van der Waals surface area contributed by atoms with Gasteiger partial charge < -0.3 is 38.6 Å². The van der Waals surface area contributed by atoms with Crippen molar-refractivity contribution >= 4 is 23.7 Å². The molecule has 0 amide bonds. The number of carbonyl (C=O) groups is 2. The summed E-state index contributed by atoms with van der Waals surface area (Å²) >= 11 is 1.48. The molecule has 2 unspecified atom stereocenters. The van der Waals surface area contributed by atoms with E-state index in [1.165, 1.54) is 32.9 Å². The molecule has 10 rings (SSSR count). The number of fused-ring (bicyclic) bond motifs is 9. The lowest BCUT2D eigenvalue weighted by molar-refractivity contribution is -0.157. The van der Waals surface area contributed by atoms with Gasteiger partial charge in [0.2, 0.25) is 6.79 Å². The Labute approximate surface area is 322 Å². The van der Waals surface area contributed by atoms with Gasteiger partial charge in [-0.1, -0.05) is 6.07 Å². The Kier molecular flexibility index (Phi) is 8.36. The van der Waals surface area contributed by atoms with Crippen LogP contribution in [0.1, 0.15) is 68.8 Å². The molecule has 15 heteroatoms. The number of ether oxygens (including phenoxy) is 6. The van der Waals surface area contributed by atoms with Crippen LogP contribution in [0.25, 0.3) is 0 Å². The summed E-state index contributed by atoms with van der Waals surface area (Å²) in [6.07, 6.45) is 1.05. The Morgan fingerprint density at radius 1 is 1.05 bits per heavy atom. The minimum absolute atomic E-state index is 0.0239. The van der Waals surface area contributed by atoms with Crippen molar-refractivity contribution in [1.29, 1.82) is 5.26 Å². The molecule has 3 N–H and O–H groups in total. The predicted octanol–water partition coefficient (Wildman–Crippen LogP) is 3.99. The van der Waals surface area contributed by atoms with Crippen molar-refractivity contribution in [3.63, 3.8) is 0 Å². The summed E-state index contributed by atoms with van der Waals surface area (Å²) in [6.45, 7) is 5.28. The summed E-state index contributed by atoms with van der Waals surface area (Å²) < 4.78 is 36.1. The third-order valence-corrected chi connectivity index (χ3v) is 13.9. The number of benzene rings is 3. The topological polar surface area (TPSA) is 172 Å². The molecule has 0 saturated carbocycles. The zero-order valence-corrected chi connectivity index (χ0v) is 32.2. The second-order valence-electron chi connectivity index (χ2n) is 15.1. The van der Waals surface area contributed by atoms with Crippen LogP contribution >= 0.6 is 11.8 Å². The summed E-state index contributed by atoms with van der Waals surface area (Å²) in [5.74, 6) is 0.973. The third-order valence-electron chi connectivity index (χ3n) is 12.4. The lowest BCUT2D eigenvalue weighted by Gasteiger charge is -2.62. The third kappa shape index (κ3) is 4.90. The van der Waals surface area contributed by atoms with Crippen molar-refractivity contribution in [2.24, 2.45) is 0 Å². The van der Waals surface area contributed by atoms with Crippen molar-refractivity contribution in [3.05, 3.63) is 62.7 Å². The fourth-order valence-corrected chi connectivity index (χ4v) is 11.9. The van der Waals surface area contributed by atoms with Crippen LogP contribution < -0.4 is 29.0 Å². The molecule has 7 heterocycles. The first-order chi connectivity index (χ1) is 26.4. The van der Waals surface area contributed by atoms with Gasteiger partial charge in [-0.15, -0.1) is 11.8 Å². The highest BCUT2D eigenvalue weighted by molar-refractivity contribution is 7.99. The molecule has 14 nitrogen and oxygen atoms in total. The fourth-order valence-electron chi connectivity index (χ4n) is 10.2. The number of piperazine rings is 1. The Hall–Kier alpha value is -4.88. The van der Waals surface area contributed by atoms with Crippen LogP contribution in [-0.2, 0) is 32.7 Å². The smallest absolute Gasteiger partial charge is 0.331 e. The van der Waals surface area contributed by atoms with E-state index in [1.807, 2.05) is 27.0 Å². The SMILES string of the molecule is COc1cc2c(cc1O)CCNC21CS[C@@H]2c3c(OC(C)=O)c(C)c4c(c3[C@H](COC1=O)N1[C@@H]2[C@@H]2c3c(cc(C)c(OC)c3O)CC([C@@H]1C#N)N2C)OCO4. The zero-order chi connectivity index (χ0) is 38.7. The highest BCUT2D eigenvalue weighted by Crippen LogP contribution is 2.64. The number of carbonyl (C=O) groups excluding carboxylic acids is 2. The molecule has 7 atom stereocenters. The molecule has 55 heavy (non-hydrogen) atoms. The number of methoxy groups -OCH3 is 2. The van der Waals surface area contributed by atoms with Crippen LogP contribution in [0.15, 0.2) is 18.2 Å². The van der Waals surface area contributed by atoms with E-state index in [0.717, 1.165) is 16.7 Å². The van der Waals surface area contributed by atoms with E-state index >= 15 is 0 Å². The molecule has 288 valence electrons. The Balaban J connectivity index is 1.33. The van der Waals surface area contributed by atoms with Gasteiger partial charge in [0.1, 0.15) is 18.4 Å². The molecule has 4 bridgehead atoms. The quantitative estimate of drug-likeness (QED) is 0.258. The Morgan fingerprint density at radius 3 is 2.56 bits per heavy atom. The number of aromatic hydroxyl groups is 2. The summed E-state index contributed by atoms with van der Waals surface area (Å²) in [6, 6.07) is 5.28. The Morgan fingerprint density at radius 2 is 1.84 bits per heavy atom. The van der Waals surface area contributed by atoms with Gasteiger partial charge >= 0.3 is 11.9 Å². The van der Waals surface area contributed by atoms with E-state index < -0.39 is 46.9 Å². The van der Waals surface area contributed by atoms with E-state index in [0.29, 0.717) is 70.2 Å². The number of esters is 2. The van der Waals surface area contributed by atoms with E-state index in [9.17, 15) is 25.1 Å². The summed E-state index contributed by atoms with van der Waals surface area (Å²) in [7, 11) is 4.99. The fraction of sp³-hybridized carbons (Fsp3) is 0.475. The second-order valence-corrected chi connectivity index (χ2v) is 16.2. The monoisotopic (exact) mass is 770 g/mol. The summed E-state index contributed by atoms with van der Waals surface area (Å²) in [5.41, 5.74) is 4.41. The van der Waals surface area contributed by atoms with Crippen molar-refractivity contribution in [2.75, 3.05) is 47.0 Å². The number of nitriles is 1. The van der Waals surface area contributed by atoms with E-state index in [4.69, 9.17) is 28.4 Å². The number of phenolic OH excluding ortho intramolecular Hbond substituents is 2. The van der Waals surface area contributed by atoms with Gasteiger partial charge in [-0.3, -0.25) is 19.9 Å². The molecular weight excluding hydrogens is 729 g/mol. The number of aryl methyl sites for hydroxylation is 1. The minimum Gasteiger partial charge on any atom is -0.504 e. The van der Waals surface area contributed by atoms with Crippen LogP contribution in [0.5, 0.6) is 40.2 Å². The first-order valence-electron chi connectivity index (χ1n) is 18.3. The standard InChI is InChI=1S/C40H42N4O10S/c1-17-9-21-10-23-24(13-41)44-25-14-51-39(48)40(22-12-27(49-5)26(46)11-20(22)7-8-42-40)15-55-38(32(44)31(43(23)4)28(21)33(47)34(17)50-6)30-29(25)37-36(52-16-53-37)18(2)35(30)54-19(3)45/h9,11-12,23-25,31-32,38,42,46-47H,7-8,10,14-16H2,1-6H3/t23?,24-,25-,31-,32+,38+,40?/m0/s1. The summed E-state index contributed by atoms with van der Waals surface area (Å²) in [5, 5.41) is 36.9. The first-order valence-corrected chi connectivity index (χ1v) is 19.4. The average molecular weight is 771 g/mol. The van der Waals surface area contributed by atoms with E-state index in [1.54, 1.807) is 12.1 Å². The molecule has 3 aromatic carbocycles. The molecular formula is C40H42N4O10S. The number of phenols is 2. The maximum absolute atomic E-state index is 14.7. The molecule has 0 aromatic heterocycles. The molecule has 0 aliphatic carbocycles. The number of nitrogens with zero attached hydrogens (tertiary/aromatic N) is 3. The number of nitrogens with one attached hydrogen (secondary N) is 1. The van der Waals surface area contributed by atoms with Crippen LogP contribution in [0.2, 0.25) is 0 Å². The van der Waals surface area contributed by atoms with Crippen molar-refractivity contribution < 1.29 is 48.2 Å². The highest BCUT2D eigenvalue weighted by Gasteiger charge is 2.62. The highest BCUT2D eigenvalue weighted by atomic mass is 32.2. The first kappa shape index (κ1) is 35.8. The average Bonchev–Trinajstić information content (AvgIpc) is 3.65. The van der Waals surface area contributed by atoms with Gasteiger partial charge in [0.15, 0.2) is 40.0 Å². The summed E-state index contributed by atoms with van der Waals surface area (Å²) in [4.78, 5) is 32.0. The van der Waals surface area contributed by atoms with Crippen LogP contribution in [0.3, 0.4) is 0 Å². The van der Waals surface area contributed by atoms with Crippen molar-refractivity contribution in [2.45, 2.75) is 74.6 Å². The number of thioether (sulfide) groups is 1. The minimum atomic E-state index is -1.36. The van der Waals surface area contributed by atoms with E-state index in [-0.39, 0.29) is 42.4 Å². The van der Waals surface area contributed by atoms with Crippen molar-refractivity contribution in [3.8, 4) is 46.3 Å². The Bertz CT molecular complexity index is 2220. The van der Waals surface area contributed by atoms with Gasteiger partial charge in [-0.05, 0) is 68.1 Å². The molecule has 7 aliphatic heterocycles. The normalized spacial score (nSPS) is 28.9. The molecule has 0 radical (unpaired) electrons. The lowest BCUT2D eigenvalue weighted by atomic mass is 9.71. The number of rotatable bonds is 3. The molecule has 7 aliphatic rings. The van der Waals surface area contributed by atoms with Crippen LogP contribution in [0, 0.1) is 25.2 Å². The molecule has 2 fully saturated rings. The van der Waals surface area contributed by atoms with E-state index in [2.05, 4.69) is 21.2 Å². The zero-order valence-electron chi connectivity index (χ0n) is 31.3. The lowest BCUT2D eigenvalue weighted by Crippen LogP contribution is -2.69. The van der Waals surface area contributed by atoms with Crippen LogP contribution in [-0.4, -0.2) is 97.0 Å². The number of hydrogen-bond acceptors (Lipinski definition) is 15. The van der Waals surface area contributed by atoms with Gasteiger partial charge in [0.05, 0.1) is 37.6 Å². The molecule has 1 spiro atoms. The molecule has 3 aromatic rings. The number of likely N-dealkylation sites (N-methyl/N-ethyl adjacent to an activating group) is 1. The predicted molar refractivity (Wildman–Crippen MR) is 198 cm³/mol. The largest absolute Gasteiger partial charge is 0.504 e. The van der Waals surface area contributed by atoms with Gasteiger partial charge in [-0.25, -0.2) is 4.79 Å². The maximum atomic E-state index is 14.7.